The first-order valence-corrected chi connectivity index (χ1v) is 8.36. The molecule has 23 heavy (non-hydrogen) atoms. The first-order chi connectivity index (χ1) is 11.0. The summed E-state index contributed by atoms with van der Waals surface area (Å²) in [5.41, 5.74) is 0.419. The summed E-state index contributed by atoms with van der Waals surface area (Å²) in [6.45, 7) is 0. The molecule has 0 aliphatic carbocycles. The van der Waals surface area contributed by atoms with Gasteiger partial charge in [-0.25, -0.2) is 8.42 Å². The lowest BCUT2D eigenvalue weighted by Crippen LogP contribution is -2.12. The number of anilines is 1. The summed E-state index contributed by atoms with van der Waals surface area (Å²) < 4.78 is 34.2. The Hall–Kier alpha value is -2.80. The van der Waals surface area contributed by atoms with Crippen molar-refractivity contribution < 1.29 is 13.2 Å². The van der Waals surface area contributed by atoms with Gasteiger partial charge in [0.25, 0.3) is 10.0 Å². The maximum atomic E-state index is 12.3. The number of hydrogen-bond donors (Lipinski definition) is 1. The highest BCUT2D eigenvalue weighted by Crippen LogP contribution is 2.25. The molecule has 6 nitrogen and oxygen atoms in total. The van der Waals surface area contributed by atoms with Gasteiger partial charge in [0.1, 0.15) is 16.4 Å². The largest absolute Gasteiger partial charge is 0.457 e. The van der Waals surface area contributed by atoms with Gasteiger partial charge in [0.2, 0.25) is 0 Å². The third kappa shape index (κ3) is 3.70. The van der Waals surface area contributed by atoms with E-state index in [4.69, 9.17) is 4.74 Å². The number of hydrogen-bond acceptors (Lipinski definition) is 4. The highest BCUT2D eigenvalue weighted by molar-refractivity contribution is 7.92. The van der Waals surface area contributed by atoms with Crippen LogP contribution < -0.4 is 9.46 Å². The van der Waals surface area contributed by atoms with Crippen LogP contribution in [0.1, 0.15) is 0 Å². The van der Waals surface area contributed by atoms with Gasteiger partial charge in [0.05, 0.1) is 11.9 Å². The highest BCUT2D eigenvalue weighted by atomic mass is 32.2. The first kappa shape index (κ1) is 15.1. The fourth-order valence-electron chi connectivity index (χ4n) is 2.00. The van der Waals surface area contributed by atoms with Gasteiger partial charge < -0.3 is 4.74 Å². The molecule has 7 heteroatoms. The molecule has 0 atom stereocenters. The van der Waals surface area contributed by atoms with Crippen molar-refractivity contribution in [3.8, 4) is 11.5 Å². The minimum Gasteiger partial charge on any atom is -0.457 e. The van der Waals surface area contributed by atoms with Crippen LogP contribution in [0.3, 0.4) is 0 Å². The number of sulfonamides is 1. The molecule has 1 N–H and O–H groups in total. The first-order valence-electron chi connectivity index (χ1n) is 6.87. The number of nitrogens with zero attached hydrogens (tertiary/aromatic N) is 2. The molecule has 2 aromatic carbocycles. The lowest BCUT2D eigenvalue weighted by atomic mass is 10.3. The fraction of sp³-hybridized carbons (Fsp3) is 0.0625. The fourth-order valence-corrected chi connectivity index (χ4v) is 3.03. The van der Waals surface area contributed by atoms with Gasteiger partial charge in [-0.2, -0.15) is 5.10 Å². The van der Waals surface area contributed by atoms with E-state index >= 15 is 0 Å². The van der Waals surface area contributed by atoms with Crippen LogP contribution in [0.25, 0.3) is 0 Å². The number of aryl methyl sites for hydroxylation is 1. The average Bonchev–Trinajstić information content (AvgIpc) is 2.96. The van der Waals surface area contributed by atoms with Gasteiger partial charge >= 0.3 is 0 Å². The molecular weight excluding hydrogens is 314 g/mol. The highest BCUT2D eigenvalue weighted by Gasteiger charge is 2.16. The van der Waals surface area contributed by atoms with Crippen molar-refractivity contribution in [2.45, 2.75) is 4.90 Å². The molecule has 0 amide bonds. The molecule has 0 unspecified atom stereocenters. The van der Waals surface area contributed by atoms with E-state index in [0.29, 0.717) is 17.2 Å². The Morgan fingerprint density at radius 3 is 2.48 bits per heavy atom. The summed E-state index contributed by atoms with van der Waals surface area (Å²) in [5.74, 6) is 1.22. The molecule has 3 aromatic rings. The monoisotopic (exact) mass is 329 g/mol. The maximum Gasteiger partial charge on any atom is 0.265 e. The molecule has 1 aromatic heterocycles. The predicted octanol–water partition coefficient (Wildman–Crippen LogP) is 3.01. The topological polar surface area (TPSA) is 73.2 Å². The number of rotatable bonds is 5. The van der Waals surface area contributed by atoms with Gasteiger partial charge in [0.15, 0.2) is 0 Å². The molecule has 0 aliphatic rings. The summed E-state index contributed by atoms with van der Waals surface area (Å²) in [6, 6.07) is 16.0. The van der Waals surface area contributed by atoms with Crippen LogP contribution in [0, 0.1) is 0 Å². The normalized spacial score (nSPS) is 11.2. The minimum atomic E-state index is -3.67. The lowest BCUT2D eigenvalue weighted by molar-refractivity contribution is 0.483. The predicted molar refractivity (Wildman–Crippen MR) is 87.0 cm³/mol. The van der Waals surface area contributed by atoms with E-state index in [2.05, 4.69) is 9.82 Å². The number of benzene rings is 2. The van der Waals surface area contributed by atoms with Crippen LogP contribution in [-0.2, 0) is 17.1 Å². The van der Waals surface area contributed by atoms with E-state index in [1.807, 2.05) is 30.3 Å². The molecule has 0 aliphatic heterocycles. The maximum absolute atomic E-state index is 12.3. The van der Waals surface area contributed by atoms with E-state index in [-0.39, 0.29) is 4.90 Å². The van der Waals surface area contributed by atoms with Gasteiger partial charge in [-0.1, -0.05) is 24.3 Å². The van der Waals surface area contributed by atoms with Crippen LogP contribution in [0.15, 0.2) is 71.9 Å². The molecule has 3 rings (SSSR count). The summed E-state index contributed by atoms with van der Waals surface area (Å²) in [5, 5.41) is 3.87. The molecule has 1 heterocycles. The van der Waals surface area contributed by atoms with Crippen molar-refractivity contribution in [2.24, 2.45) is 7.05 Å². The summed E-state index contributed by atoms with van der Waals surface area (Å²) in [6.07, 6.45) is 2.74. The zero-order valence-corrected chi connectivity index (χ0v) is 13.2. The van der Waals surface area contributed by atoms with E-state index < -0.39 is 10.0 Å². The Balaban J connectivity index is 1.80. The number of nitrogens with one attached hydrogen (secondary N) is 1. The summed E-state index contributed by atoms with van der Waals surface area (Å²) in [7, 11) is -2.01. The minimum absolute atomic E-state index is 0.106. The van der Waals surface area contributed by atoms with Crippen molar-refractivity contribution in [1.29, 1.82) is 0 Å². The van der Waals surface area contributed by atoms with Crippen LogP contribution in [0.2, 0.25) is 0 Å². The van der Waals surface area contributed by atoms with Gasteiger partial charge in [-0.15, -0.1) is 0 Å². The Labute approximate surface area is 134 Å². The number of aromatic nitrogens is 2. The average molecular weight is 329 g/mol. The Morgan fingerprint density at radius 2 is 1.78 bits per heavy atom. The zero-order valence-electron chi connectivity index (χ0n) is 12.4. The third-order valence-corrected chi connectivity index (χ3v) is 4.39. The standard InChI is InChI=1S/C16H15N3O3S/c1-19-12-16(11-17-19)23(20,21)18-13-6-5-9-15(10-13)22-14-7-3-2-4-8-14/h2-12,18H,1H3. The molecule has 0 bridgehead atoms. The van der Waals surface area contributed by atoms with Crippen molar-refractivity contribution in [1.82, 2.24) is 9.78 Å². The van der Waals surface area contributed by atoms with Crippen LogP contribution in [0.4, 0.5) is 5.69 Å². The molecular formula is C16H15N3O3S. The van der Waals surface area contributed by atoms with Crippen molar-refractivity contribution >= 4 is 15.7 Å². The molecule has 0 fully saturated rings. The zero-order chi connectivity index (χ0) is 16.3. The van der Waals surface area contributed by atoms with Gasteiger partial charge in [-0.05, 0) is 24.3 Å². The molecule has 118 valence electrons. The molecule has 0 saturated carbocycles. The lowest BCUT2D eigenvalue weighted by Gasteiger charge is -2.09. The Bertz CT molecular complexity index is 905. The molecule has 0 radical (unpaired) electrons. The molecule has 0 saturated heterocycles. The van der Waals surface area contributed by atoms with Crippen LogP contribution in [0.5, 0.6) is 11.5 Å². The number of ether oxygens (including phenoxy) is 1. The van der Waals surface area contributed by atoms with Crippen LogP contribution >= 0.6 is 0 Å². The van der Waals surface area contributed by atoms with Crippen molar-refractivity contribution in [3.63, 3.8) is 0 Å². The smallest absolute Gasteiger partial charge is 0.265 e. The second-order valence-electron chi connectivity index (χ2n) is 4.90. The van der Waals surface area contributed by atoms with E-state index in [9.17, 15) is 8.42 Å². The SMILES string of the molecule is Cn1cc(S(=O)(=O)Nc2cccc(Oc3ccccc3)c2)cn1. The number of para-hydroxylation sites is 1. The Morgan fingerprint density at radius 1 is 1.04 bits per heavy atom. The van der Waals surface area contributed by atoms with E-state index in [0.717, 1.165) is 0 Å². The molecule has 0 spiro atoms. The second-order valence-corrected chi connectivity index (χ2v) is 6.58. The quantitative estimate of drug-likeness (QED) is 0.781. The third-order valence-electron chi connectivity index (χ3n) is 3.06. The van der Waals surface area contributed by atoms with Gasteiger partial charge in [0, 0.05) is 19.3 Å². The summed E-state index contributed by atoms with van der Waals surface area (Å²) in [4.78, 5) is 0.106. The second kappa shape index (κ2) is 6.13. The Kier molecular flexibility index (Phi) is 4.03. The van der Waals surface area contributed by atoms with Crippen LogP contribution in [-0.4, -0.2) is 18.2 Å². The van der Waals surface area contributed by atoms with E-state index in [1.54, 1.807) is 31.3 Å². The van der Waals surface area contributed by atoms with Crippen molar-refractivity contribution in [3.05, 3.63) is 67.0 Å². The van der Waals surface area contributed by atoms with Gasteiger partial charge in [-0.3, -0.25) is 9.40 Å². The van der Waals surface area contributed by atoms with E-state index in [1.165, 1.54) is 17.1 Å². The summed E-state index contributed by atoms with van der Waals surface area (Å²) >= 11 is 0. The van der Waals surface area contributed by atoms with Crippen molar-refractivity contribution in [2.75, 3.05) is 4.72 Å².